The summed E-state index contributed by atoms with van der Waals surface area (Å²) in [4.78, 5) is 19.2. The van der Waals surface area contributed by atoms with E-state index in [0.29, 0.717) is 22.2 Å². The fourth-order valence-corrected chi connectivity index (χ4v) is 5.51. The minimum atomic E-state index is -0.767. The Bertz CT molecular complexity index is 1450. The van der Waals surface area contributed by atoms with E-state index in [0.717, 1.165) is 33.1 Å². The fraction of sp³-hybridized carbons (Fsp3) is 0.200. The van der Waals surface area contributed by atoms with Crippen LogP contribution in [-0.2, 0) is 0 Å². The maximum atomic E-state index is 13.0. The minimum Gasteiger partial charge on any atom is -0.309 e. The van der Waals surface area contributed by atoms with Crippen LogP contribution in [0, 0.1) is 27.7 Å². The summed E-state index contributed by atoms with van der Waals surface area (Å²) in [6.07, 6.45) is -0.767. The van der Waals surface area contributed by atoms with E-state index in [1.807, 2.05) is 66.9 Å². The minimum absolute atomic E-state index is 0.386. The number of halogens is 1. The van der Waals surface area contributed by atoms with Crippen LogP contribution in [0.2, 0.25) is 5.02 Å². The number of urea groups is 1. The van der Waals surface area contributed by atoms with Crippen molar-refractivity contribution in [3.05, 3.63) is 92.3 Å². The van der Waals surface area contributed by atoms with Gasteiger partial charge in [-0.1, -0.05) is 41.9 Å². The van der Waals surface area contributed by atoms with Gasteiger partial charge in [0, 0.05) is 26.7 Å². The smallest absolute Gasteiger partial charge is 0.309 e. The van der Waals surface area contributed by atoms with Crippen LogP contribution in [-0.4, -0.2) is 26.5 Å². The first-order valence-electron chi connectivity index (χ1n) is 10.8. The second kappa shape index (κ2) is 8.70. The monoisotopic (exact) mass is 490 g/mol. The molecule has 1 unspecified atom stereocenters. The predicted octanol–water partition coefficient (Wildman–Crippen LogP) is 5.89. The Hall–Kier alpha value is -3.49. The second-order valence-electron chi connectivity index (χ2n) is 8.23. The Morgan fingerprint density at radius 1 is 1.06 bits per heavy atom. The van der Waals surface area contributed by atoms with Crippen LogP contribution in [0.5, 0.6) is 0 Å². The Balaban J connectivity index is 1.64. The molecule has 5 rings (SSSR count). The van der Waals surface area contributed by atoms with Crippen LogP contribution in [0.3, 0.4) is 0 Å². The zero-order valence-electron chi connectivity index (χ0n) is 19.2. The van der Waals surface area contributed by atoms with Gasteiger partial charge in [0.25, 0.3) is 0 Å². The van der Waals surface area contributed by atoms with E-state index in [2.05, 4.69) is 34.7 Å². The Morgan fingerprint density at radius 3 is 2.62 bits per heavy atom. The van der Waals surface area contributed by atoms with Gasteiger partial charge in [0.2, 0.25) is 0 Å². The molecule has 0 saturated carbocycles. The second-order valence-corrected chi connectivity index (χ2v) is 9.84. The number of anilines is 1. The van der Waals surface area contributed by atoms with Crippen molar-refractivity contribution in [2.75, 3.05) is 5.32 Å². The highest BCUT2D eigenvalue weighted by molar-refractivity contribution is 7.15. The quantitative estimate of drug-likeness (QED) is 0.375. The molecule has 34 heavy (non-hydrogen) atoms. The maximum Gasteiger partial charge on any atom is 0.321 e. The van der Waals surface area contributed by atoms with Gasteiger partial charge in [-0.15, -0.1) is 21.5 Å². The summed E-state index contributed by atoms with van der Waals surface area (Å²) in [7, 11) is 0. The number of rotatable bonds is 3. The summed E-state index contributed by atoms with van der Waals surface area (Å²) >= 11 is 8.27. The lowest BCUT2D eigenvalue weighted by molar-refractivity contribution is 0.248. The Morgan fingerprint density at radius 2 is 1.85 bits per heavy atom. The van der Waals surface area contributed by atoms with Crippen molar-refractivity contribution in [1.29, 1.82) is 0 Å². The number of aromatic nitrogens is 3. The average molecular weight is 491 g/mol. The molecule has 0 radical (unpaired) electrons. The van der Waals surface area contributed by atoms with E-state index in [1.54, 1.807) is 11.3 Å². The third-order valence-electron chi connectivity index (χ3n) is 5.83. The van der Waals surface area contributed by atoms with E-state index in [4.69, 9.17) is 16.6 Å². The first-order valence-corrected chi connectivity index (χ1v) is 12.0. The number of amides is 2. The molecule has 7 nitrogen and oxygen atoms in total. The van der Waals surface area contributed by atoms with Crippen LogP contribution in [0.4, 0.5) is 10.5 Å². The molecule has 0 aliphatic carbocycles. The van der Waals surface area contributed by atoms with Gasteiger partial charge in [0.05, 0.1) is 5.71 Å². The maximum absolute atomic E-state index is 13.0. The first kappa shape index (κ1) is 22.3. The van der Waals surface area contributed by atoms with Gasteiger partial charge in [-0.05, 0) is 57.0 Å². The number of aliphatic imine (C=N–C) groups is 1. The predicted molar refractivity (Wildman–Crippen MR) is 137 cm³/mol. The largest absolute Gasteiger partial charge is 0.321 e. The topological polar surface area (TPSA) is 84.2 Å². The molecule has 172 valence electrons. The number of hydrogen-bond donors (Lipinski definition) is 2. The van der Waals surface area contributed by atoms with E-state index in [-0.39, 0.29) is 6.03 Å². The zero-order valence-corrected chi connectivity index (χ0v) is 20.8. The summed E-state index contributed by atoms with van der Waals surface area (Å²) in [6.45, 7) is 8.04. The van der Waals surface area contributed by atoms with E-state index in [1.165, 1.54) is 4.88 Å². The third-order valence-corrected chi connectivity index (χ3v) is 7.35. The van der Waals surface area contributed by atoms with Crippen LogP contribution >= 0.6 is 22.9 Å². The Labute approximate surface area is 206 Å². The van der Waals surface area contributed by atoms with E-state index in [9.17, 15) is 4.79 Å². The van der Waals surface area contributed by atoms with Crippen molar-refractivity contribution in [1.82, 2.24) is 20.1 Å². The Kier molecular flexibility index (Phi) is 5.71. The summed E-state index contributed by atoms with van der Waals surface area (Å²) in [6, 6.07) is 14.8. The normalized spacial score (nSPS) is 14.6. The van der Waals surface area contributed by atoms with Crippen molar-refractivity contribution in [2.24, 2.45) is 4.99 Å². The number of nitrogens with zero attached hydrogens (tertiary/aromatic N) is 4. The number of benzene rings is 2. The number of aryl methyl sites for hydroxylation is 3. The molecule has 0 bridgehead atoms. The standard InChI is InChI=1S/C25H23ClN6OS/c1-13-8-7-9-17(12-13)27-25(33)29-22-23-31-30-16(4)32(23)24-20(14(2)15(3)34-24)21(28-22)18-10-5-6-11-19(18)26/h5-12,22H,1-4H3,(H2,27,29,33). The van der Waals surface area contributed by atoms with Crippen LogP contribution in [0.25, 0.3) is 5.00 Å². The van der Waals surface area contributed by atoms with Crippen molar-refractivity contribution < 1.29 is 4.79 Å². The number of thiophene rings is 1. The molecular weight excluding hydrogens is 468 g/mol. The number of nitrogens with one attached hydrogen (secondary N) is 2. The first-order chi connectivity index (χ1) is 16.3. The number of carbonyl (C=O) groups excluding carboxylic acids is 1. The molecule has 4 aromatic rings. The third kappa shape index (κ3) is 3.89. The highest BCUT2D eigenvalue weighted by atomic mass is 35.5. The van der Waals surface area contributed by atoms with Gasteiger partial charge in [0.15, 0.2) is 12.0 Å². The van der Waals surface area contributed by atoms with Crippen molar-refractivity contribution in [2.45, 2.75) is 33.9 Å². The molecule has 2 aromatic carbocycles. The van der Waals surface area contributed by atoms with Crippen molar-refractivity contribution in [3.8, 4) is 5.00 Å². The zero-order chi connectivity index (χ0) is 24.0. The summed E-state index contributed by atoms with van der Waals surface area (Å²) in [5.41, 5.74) is 5.36. The molecule has 1 atom stereocenters. The fourth-order valence-electron chi connectivity index (χ4n) is 4.07. The SMILES string of the molecule is Cc1cccc(NC(=O)NC2N=C(c3ccccc3Cl)c3c(sc(C)c3C)-n3c(C)nnc32)c1. The van der Waals surface area contributed by atoms with Gasteiger partial charge in [0.1, 0.15) is 10.8 Å². The van der Waals surface area contributed by atoms with Crippen LogP contribution in [0.1, 0.15) is 44.9 Å². The molecule has 2 aromatic heterocycles. The molecular formula is C25H23ClN6OS. The molecule has 2 N–H and O–H groups in total. The lowest BCUT2D eigenvalue weighted by atomic mass is 10.00. The molecule has 0 fully saturated rings. The highest BCUT2D eigenvalue weighted by Crippen LogP contribution is 2.39. The molecule has 0 saturated heterocycles. The molecule has 1 aliphatic heterocycles. The van der Waals surface area contributed by atoms with Gasteiger partial charge in [-0.2, -0.15) is 0 Å². The molecule has 0 spiro atoms. The number of carbonyl (C=O) groups is 1. The lowest BCUT2D eigenvalue weighted by Gasteiger charge is -2.16. The lowest BCUT2D eigenvalue weighted by Crippen LogP contribution is -2.33. The molecule has 1 aliphatic rings. The van der Waals surface area contributed by atoms with Crippen LogP contribution in [0.15, 0.2) is 53.5 Å². The van der Waals surface area contributed by atoms with Gasteiger partial charge < -0.3 is 10.6 Å². The number of hydrogen-bond acceptors (Lipinski definition) is 5. The molecule has 2 amide bonds. The summed E-state index contributed by atoms with van der Waals surface area (Å²) in [5, 5.41) is 16.1. The molecule has 3 heterocycles. The highest BCUT2D eigenvalue weighted by Gasteiger charge is 2.32. The van der Waals surface area contributed by atoms with Crippen molar-refractivity contribution in [3.63, 3.8) is 0 Å². The van der Waals surface area contributed by atoms with Gasteiger partial charge in [-0.3, -0.25) is 9.56 Å². The number of fused-ring (bicyclic) bond motifs is 3. The molecule has 9 heteroatoms. The van der Waals surface area contributed by atoms with Crippen LogP contribution < -0.4 is 10.6 Å². The van der Waals surface area contributed by atoms with Crippen molar-refractivity contribution >= 4 is 40.4 Å². The van der Waals surface area contributed by atoms with E-state index < -0.39 is 6.17 Å². The van der Waals surface area contributed by atoms with Gasteiger partial charge in [-0.25, -0.2) is 4.79 Å². The average Bonchev–Trinajstić information content (AvgIpc) is 3.27. The summed E-state index contributed by atoms with van der Waals surface area (Å²) < 4.78 is 1.98. The summed E-state index contributed by atoms with van der Waals surface area (Å²) in [5.74, 6) is 1.26. The van der Waals surface area contributed by atoms with Gasteiger partial charge >= 0.3 is 6.03 Å². The van der Waals surface area contributed by atoms with E-state index >= 15 is 0 Å².